The lowest BCUT2D eigenvalue weighted by molar-refractivity contribution is -0.116. The van der Waals surface area contributed by atoms with Crippen molar-refractivity contribution in [1.29, 1.82) is 0 Å². The molecule has 0 saturated heterocycles. The van der Waals surface area contributed by atoms with Crippen LogP contribution in [0.3, 0.4) is 0 Å². The minimum absolute atomic E-state index is 0.102. The highest BCUT2D eigenvalue weighted by Gasteiger charge is 2.06. The molecule has 1 aromatic carbocycles. The van der Waals surface area contributed by atoms with Gasteiger partial charge < -0.3 is 15.4 Å². The van der Waals surface area contributed by atoms with Gasteiger partial charge in [-0.3, -0.25) is 4.79 Å². The second-order valence-electron chi connectivity index (χ2n) is 3.69. The first kappa shape index (κ1) is 16.0. The number of nitrogens with one attached hydrogen (secondary N) is 2. The highest BCUT2D eigenvalue weighted by molar-refractivity contribution is 9.11. The Morgan fingerprint density at radius 2 is 2.05 bits per heavy atom. The predicted octanol–water partition coefficient (Wildman–Crippen LogP) is 3.29. The minimum atomic E-state index is -0.490. The Kier molecular flexibility index (Phi) is 6.86. The van der Waals surface area contributed by atoms with Gasteiger partial charge in [-0.15, -0.1) is 0 Å². The van der Waals surface area contributed by atoms with Crippen LogP contribution in [-0.2, 0) is 9.53 Å². The lowest BCUT2D eigenvalue weighted by atomic mass is 10.2. The monoisotopic (exact) mass is 392 g/mol. The number of halogens is 2. The van der Waals surface area contributed by atoms with Gasteiger partial charge in [0.2, 0.25) is 5.91 Å². The molecule has 0 aromatic heterocycles. The van der Waals surface area contributed by atoms with E-state index in [9.17, 15) is 9.59 Å². The van der Waals surface area contributed by atoms with Crippen molar-refractivity contribution in [3.63, 3.8) is 0 Å². The molecular formula is C12H14Br2N2O3. The van der Waals surface area contributed by atoms with Crippen molar-refractivity contribution < 1.29 is 14.3 Å². The molecule has 0 spiro atoms. The Balaban J connectivity index is 2.33. The fraction of sp³-hybridized carbons (Fsp3) is 0.333. The molecule has 0 heterocycles. The predicted molar refractivity (Wildman–Crippen MR) is 80.1 cm³/mol. The number of carbonyl (C=O) groups excluding carboxylic acids is 2. The maximum absolute atomic E-state index is 11.7. The lowest BCUT2D eigenvalue weighted by Gasteiger charge is -2.08. The van der Waals surface area contributed by atoms with Gasteiger partial charge in [0.05, 0.1) is 12.8 Å². The van der Waals surface area contributed by atoms with Crippen molar-refractivity contribution in [3.8, 4) is 0 Å². The number of anilines is 1. The number of hydrogen-bond donors (Lipinski definition) is 2. The number of methoxy groups -OCH3 is 1. The Bertz CT molecular complexity index is 466. The number of carbonyl (C=O) groups is 2. The van der Waals surface area contributed by atoms with Gasteiger partial charge in [0.15, 0.2) is 0 Å². The van der Waals surface area contributed by atoms with Crippen LogP contribution in [0.1, 0.15) is 12.8 Å². The van der Waals surface area contributed by atoms with Gasteiger partial charge in [0.1, 0.15) is 0 Å². The average Bonchev–Trinajstić information content (AvgIpc) is 2.37. The zero-order chi connectivity index (χ0) is 14.3. The second-order valence-corrected chi connectivity index (χ2v) is 5.46. The molecule has 1 aromatic rings. The number of benzene rings is 1. The quantitative estimate of drug-likeness (QED) is 0.754. The van der Waals surface area contributed by atoms with E-state index in [1.54, 1.807) is 6.07 Å². The van der Waals surface area contributed by atoms with E-state index in [2.05, 4.69) is 47.2 Å². The molecule has 104 valence electrons. The fourth-order valence-electron chi connectivity index (χ4n) is 1.32. The van der Waals surface area contributed by atoms with Gasteiger partial charge in [0.25, 0.3) is 0 Å². The molecule has 2 amide bonds. The third-order valence-electron chi connectivity index (χ3n) is 2.24. The van der Waals surface area contributed by atoms with E-state index < -0.39 is 6.09 Å². The SMILES string of the molecule is COC(=O)NCCCC(=O)Nc1ccc(Br)cc1Br. The summed E-state index contributed by atoms with van der Waals surface area (Å²) in [5, 5.41) is 5.30. The van der Waals surface area contributed by atoms with E-state index in [-0.39, 0.29) is 5.91 Å². The summed E-state index contributed by atoms with van der Waals surface area (Å²) in [6, 6.07) is 5.51. The summed E-state index contributed by atoms with van der Waals surface area (Å²) >= 11 is 6.71. The molecule has 0 radical (unpaired) electrons. The third kappa shape index (κ3) is 6.07. The van der Waals surface area contributed by atoms with Crippen molar-refractivity contribution in [2.45, 2.75) is 12.8 Å². The van der Waals surface area contributed by atoms with Crippen molar-refractivity contribution in [2.75, 3.05) is 19.0 Å². The van der Waals surface area contributed by atoms with Gasteiger partial charge in [-0.05, 0) is 40.5 Å². The number of amides is 2. The molecule has 0 aliphatic carbocycles. The summed E-state index contributed by atoms with van der Waals surface area (Å²) in [4.78, 5) is 22.5. The third-order valence-corrected chi connectivity index (χ3v) is 3.39. The molecule has 1 rings (SSSR count). The Hall–Kier alpha value is -1.08. The molecule has 2 N–H and O–H groups in total. The van der Waals surface area contributed by atoms with Gasteiger partial charge in [-0.25, -0.2) is 4.79 Å². The maximum atomic E-state index is 11.7. The smallest absolute Gasteiger partial charge is 0.406 e. The number of rotatable bonds is 5. The van der Waals surface area contributed by atoms with Gasteiger partial charge in [-0.2, -0.15) is 0 Å². The zero-order valence-corrected chi connectivity index (χ0v) is 13.5. The highest BCUT2D eigenvalue weighted by atomic mass is 79.9. The van der Waals surface area contributed by atoms with Crippen LogP contribution in [0, 0.1) is 0 Å². The average molecular weight is 394 g/mol. The van der Waals surface area contributed by atoms with Crippen molar-refractivity contribution in [1.82, 2.24) is 5.32 Å². The van der Waals surface area contributed by atoms with Crippen LogP contribution >= 0.6 is 31.9 Å². The van der Waals surface area contributed by atoms with E-state index in [0.717, 1.165) is 8.95 Å². The highest BCUT2D eigenvalue weighted by Crippen LogP contribution is 2.26. The lowest BCUT2D eigenvalue weighted by Crippen LogP contribution is -2.25. The van der Waals surface area contributed by atoms with Crippen LogP contribution in [0.5, 0.6) is 0 Å². The van der Waals surface area contributed by atoms with Gasteiger partial charge in [0, 0.05) is 21.9 Å². The molecule has 0 unspecified atom stereocenters. The van der Waals surface area contributed by atoms with E-state index in [0.29, 0.717) is 25.1 Å². The van der Waals surface area contributed by atoms with E-state index in [1.165, 1.54) is 7.11 Å². The van der Waals surface area contributed by atoms with E-state index in [4.69, 9.17) is 0 Å². The van der Waals surface area contributed by atoms with Crippen LogP contribution in [0.2, 0.25) is 0 Å². The van der Waals surface area contributed by atoms with Crippen molar-refractivity contribution in [2.24, 2.45) is 0 Å². The summed E-state index contributed by atoms with van der Waals surface area (Å²) in [7, 11) is 1.30. The summed E-state index contributed by atoms with van der Waals surface area (Å²) in [5.74, 6) is -0.102. The molecule has 0 aliphatic heterocycles. The number of ether oxygens (including phenoxy) is 1. The normalized spacial score (nSPS) is 9.84. The van der Waals surface area contributed by atoms with Crippen molar-refractivity contribution >= 4 is 49.5 Å². The summed E-state index contributed by atoms with van der Waals surface area (Å²) in [6.07, 6.45) is 0.387. The largest absolute Gasteiger partial charge is 0.453 e. The standard InChI is InChI=1S/C12H14Br2N2O3/c1-19-12(18)15-6-2-3-11(17)16-10-5-4-8(13)7-9(10)14/h4-5,7H,2-3,6H2,1H3,(H,15,18)(H,16,17). The van der Waals surface area contributed by atoms with Crippen LogP contribution in [0.15, 0.2) is 27.1 Å². The molecule has 0 fully saturated rings. The topological polar surface area (TPSA) is 67.4 Å². The molecule has 0 aliphatic rings. The molecule has 0 atom stereocenters. The number of alkyl carbamates (subject to hydrolysis) is 1. The first-order valence-corrected chi connectivity index (χ1v) is 7.18. The zero-order valence-electron chi connectivity index (χ0n) is 10.3. The molecular weight excluding hydrogens is 380 g/mol. The van der Waals surface area contributed by atoms with Crippen LogP contribution in [0.25, 0.3) is 0 Å². The number of hydrogen-bond acceptors (Lipinski definition) is 3. The van der Waals surface area contributed by atoms with Gasteiger partial charge >= 0.3 is 6.09 Å². The molecule has 0 bridgehead atoms. The van der Waals surface area contributed by atoms with Crippen LogP contribution in [-0.4, -0.2) is 25.7 Å². The van der Waals surface area contributed by atoms with Crippen LogP contribution < -0.4 is 10.6 Å². The van der Waals surface area contributed by atoms with E-state index >= 15 is 0 Å². The fourth-order valence-corrected chi connectivity index (χ4v) is 2.46. The summed E-state index contributed by atoms with van der Waals surface area (Å²) in [6.45, 7) is 0.404. The Morgan fingerprint density at radius 1 is 1.32 bits per heavy atom. The summed E-state index contributed by atoms with van der Waals surface area (Å²) in [5.41, 5.74) is 0.717. The first-order valence-electron chi connectivity index (χ1n) is 5.59. The maximum Gasteiger partial charge on any atom is 0.406 e. The van der Waals surface area contributed by atoms with Crippen molar-refractivity contribution in [3.05, 3.63) is 27.1 Å². The van der Waals surface area contributed by atoms with Gasteiger partial charge in [-0.1, -0.05) is 15.9 Å². The molecule has 19 heavy (non-hydrogen) atoms. The minimum Gasteiger partial charge on any atom is -0.453 e. The molecule has 0 saturated carbocycles. The molecule has 7 heteroatoms. The Morgan fingerprint density at radius 3 is 2.68 bits per heavy atom. The molecule has 5 nitrogen and oxygen atoms in total. The summed E-state index contributed by atoms with van der Waals surface area (Å²) < 4.78 is 6.16. The van der Waals surface area contributed by atoms with Crippen LogP contribution in [0.4, 0.5) is 10.5 Å². The first-order chi connectivity index (χ1) is 9.02. The van der Waals surface area contributed by atoms with E-state index in [1.807, 2.05) is 12.1 Å². The second kappa shape index (κ2) is 8.16. The Labute approximate surface area is 128 Å².